The van der Waals surface area contributed by atoms with Crippen LogP contribution in [0.3, 0.4) is 0 Å². The van der Waals surface area contributed by atoms with Crippen LogP contribution in [0.5, 0.6) is 0 Å². The number of rotatable bonds is 1. The Morgan fingerprint density at radius 1 is 1.00 bits per heavy atom. The molecule has 12 heavy (non-hydrogen) atoms. The molecule has 2 fully saturated rings. The van der Waals surface area contributed by atoms with Gasteiger partial charge in [0.25, 0.3) is 0 Å². The average Bonchev–Trinajstić information content (AvgIpc) is 2.28. The fourth-order valence-electron chi connectivity index (χ4n) is 2.71. The molecule has 0 saturated heterocycles. The molecule has 0 aromatic heterocycles. The summed E-state index contributed by atoms with van der Waals surface area (Å²) in [6.45, 7) is 0. The van der Waals surface area contributed by atoms with Gasteiger partial charge in [0, 0.05) is 0 Å². The molecule has 4 heteroatoms. The Morgan fingerprint density at radius 2 is 1.50 bits per heavy atom. The monoisotopic (exact) mass is 189 g/mol. The van der Waals surface area contributed by atoms with E-state index in [1.807, 2.05) is 0 Å². The maximum atomic E-state index is 11.1. The lowest BCUT2D eigenvalue weighted by atomic mass is 9.89. The van der Waals surface area contributed by atoms with Gasteiger partial charge in [0.2, 0.25) is 10.0 Å². The van der Waals surface area contributed by atoms with Crippen molar-refractivity contribution in [1.29, 1.82) is 0 Å². The Balaban J connectivity index is 2.13. The molecular weight excluding hydrogens is 174 g/mol. The van der Waals surface area contributed by atoms with Crippen molar-refractivity contribution in [2.75, 3.05) is 0 Å². The number of sulfonamides is 1. The van der Waals surface area contributed by atoms with Crippen molar-refractivity contribution in [3.8, 4) is 0 Å². The van der Waals surface area contributed by atoms with Gasteiger partial charge in [-0.2, -0.15) is 0 Å². The number of hydrogen-bond acceptors (Lipinski definition) is 2. The lowest BCUT2D eigenvalue weighted by molar-refractivity contribution is 0.357. The van der Waals surface area contributed by atoms with E-state index in [0.29, 0.717) is 11.8 Å². The summed E-state index contributed by atoms with van der Waals surface area (Å²) in [4.78, 5) is 0. The largest absolute Gasteiger partial charge is 0.228 e. The molecule has 2 bridgehead atoms. The molecule has 3 atom stereocenters. The second-order valence-electron chi connectivity index (χ2n) is 4.23. The van der Waals surface area contributed by atoms with E-state index < -0.39 is 10.0 Å². The zero-order valence-corrected chi connectivity index (χ0v) is 7.89. The van der Waals surface area contributed by atoms with Crippen LogP contribution < -0.4 is 5.14 Å². The molecule has 0 spiro atoms. The van der Waals surface area contributed by atoms with Gasteiger partial charge in [-0.3, -0.25) is 0 Å². The van der Waals surface area contributed by atoms with Crippen LogP contribution in [0.4, 0.5) is 0 Å². The second-order valence-corrected chi connectivity index (χ2v) is 6.07. The normalized spacial score (nSPS) is 41.6. The van der Waals surface area contributed by atoms with Crippen molar-refractivity contribution in [3.05, 3.63) is 0 Å². The highest BCUT2D eigenvalue weighted by Crippen LogP contribution is 2.43. The van der Waals surface area contributed by atoms with Crippen molar-refractivity contribution in [2.45, 2.75) is 37.4 Å². The van der Waals surface area contributed by atoms with Crippen LogP contribution in [-0.2, 0) is 10.0 Å². The minimum Gasteiger partial charge on any atom is -0.228 e. The standard InChI is InChI=1S/C8H15NO2S/c9-12(10,11)8-4-6-1-2-7(3-6)5-8/h6-8H,1-5H2,(H2,9,10,11)/t6-,7+,8?. The summed E-state index contributed by atoms with van der Waals surface area (Å²) in [6.07, 6.45) is 5.31. The van der Waals surface area contributed by atoms with Gasteiger partial charge in [0.05, 0.1) is 5.25 Å². The highest BCUT2D eigenvalue weighted by Gasteiger charge is 2.38. The number of nitrogens with two attached hydrogens (primary N) is 1. The van der Waals surface area contributed by atoms with Gasteiger partial charge < -0.3 is 0 Å². The van der Waals surface area contributed by atoms with Gasteiger partial charge in [-0.15, -0.1) is 0 Å². The van der Waals surface area contributed by atoms with Crippen LogP contribution in [0.25, 0.3) is 0 Å². The summed E-state index contributed by atoms with van der Waals surface area (Å²) in [5.41, 5.74) is 0. The van der Waals surface area contributed by atoms with Crippen molar-refractivity contribution in [3.63, 3.8) is 0 Å². The third-order valence-corrected chi connectivity index (χ3v) is 4.62. The van der Waals surface area contributed by atoms with E-state index in [1.165, 1.54) is 19.3 Å². The summed E-state index contributed by atoms with van der Waals surface area (Å²) < 4.78 is 22.2. The molecular formula is C8H15NO2S. The van der Waals surface area contributed by atoms with E-state index in [0.717, 1.165) is 12.8 Å². The molecule has 70 valence electrons. The van der Waals surface area contributed by atoms with E-state index in [4.69, 9.17) is 5.14 Å². The topological polar surface area (TPSA) is 60.2 Å². The molecule has 2 aliphatic rings. The van der Waals surface area contributed by atoms with Gasteiger partial charge in [-0.05, 0) is 31.1 Å². The van der Waals surface area contributed by atoms with E-state index >= 15 is 0 Å². The quantitative estimate of drug-likeness (QED) is 0.665. The van der Waals surface area contributed by atoms with Gasteiger partial charge >= 0.3 is 0 Å². The molecule has 0 aromatic rings. The molecule has 0 aliphatic heterocycles. The third kappa shape index (κ3) is 1.50. The first-order chi connectivity index (χ1) is 5.55. The van der Waals surface area contributed by atoms with Crippen LogP contribution in [0.2, 0.25) is 0 Å². The summed E-state index contributed by atoms with van der Waals surface area (Å²) in [6, 6.07) is 0. The zero-order chi connectivity index (χ0) is 8.77. The van der Waals surface area contributed by atoms with Crippen molar-refractivity contribution < 1.29 is 8.42 Å². The molecule has 0 heterocycles. The molecule has 0 amide bonds. The molecule has 1 unspecified atom stereocenters. The highest BCUT2D eigenvalue weighted by molar-refractivity contribution is 7.89. The molecule has 2 rings (SSSR count). The summed E-state index contributed by atoms with van der Waals surface area (Å²) in [7, 11) is -3.25. The van der Waals surface area contributed by atoms with E-state index in [-0.39, 0.29) is 5.25 Å². The Morgan fingerprint density at radius 3 is 1.92 bits per heavy atom. The van der Waals surface area contributed by atoms with Gasteiger partial charge in [0.1, 0.15) is 0 Å². The molecule has 2 saturated carbocycles. The van der Waals surface area contributed by atoms with Crippen LogP contribution >= 0.6 is 0 Å². The smallest absolute Gasteiger partial charge is 0.211 e. The zero-order valence-electron chi connectivity index (χ0n) is 7.07. The Bertz CT molecular complexity index is 261. The van der Waals surface area contributed by atoms with Gasteiger partial charge in [-0.25, -0.2) is 13.6 Å². The highest BCUT2D eigenvalue weighted by atomic mass is 32.2. The Labute approximate surface area is 73.4 Å². The molecule has 3 nitrogen and oxygen atoms in total. The predicted octanol–water partition coefficient (Wildman–Crippen LogP) is 0.854. The lowest BCUT2D eigenvalue weighted by Gasteiger charge is -2.25. The third-order valence-electron chi connectivity index (χ3n) is 3.31. The minimum atomic E-state index is -3.25. The van der Waals surface area contributed by atoms with Crippen LogP contribution in [0.1, 0.15) is 32.1 Å². The molecule has 2 aliphatic carbocycles. The molecule has 0 radical (unpaired) electrons. The Kier molecular flexibility index (Phi) is 1.92. The summed E-state index contributed by atoms with van der Waals surface area (Å²) >= 11 is 0. The molecule has 2 N–H and O–H groups in total. The SMILES string of the molecule is NS(=O)(=O)C1C[C@H]2CC[C@@H](C1)C2. The van der Waals surface area contributed by atoms with Crippen LogP contribution in [-0.4, -0.2) is 13.7 Å². The number of primary sulfonamides is 1. The maximum Gasteiger partial charge on any atom is 0.211 e. The van der Waals surface area contributed by atoms with Crippen molar-refractivity contribution in [1.82, 2.24) is 0 Å². The van der Waals surface area contributed by atoms with Gasteiger partial charge in [-0.1, -0.05) is 12.8 Å². The maximum absolute atomic E-state index is 11.1. The van der Waals surface area contributed by atoms with Crippen LogP contribution in [0.15, 0.2) is 0 Å². The Hall–Kier alpha value is -0.0900. The fraction of sp³-hybridized carbons (Fsp3) is 1.00. The second kappa shape index (κ2) is 2.70. The number of hydrogen-bond donors (Lipinski definition) is 1. The first kappa shape index (κ1) is 8.51. The van der Waals surface area contributed by atoms with Crippen molar-refractivity contribution in [2.24, 2.45) is 17.0 Å². The van der Waals surface area contributed by atoms with E-state index in [1.54, 1.807) is 0 Å². The fourth-order valence-corrected chi connectivity index (χ4v) is 3.80. The van der Waals surface area contributed by atoms with Crippen LogP contribution in [0, 0.1) is 11.8 Å². The minimum absolute atomic E-state index is 0.233. The number of fused-ring (bicyclic) bond motifs is 2. The first-order valence-electron chi connectivity index (χ1n) is 4.57. The van der Waals surface area contributed by atoms with Gasteiger partial charge in [0.15, 0.2) is 0 Å². The van der Waals surface area contributed by atoms with Crippen molar-refractivity contribution >= 4 is 10.0 Å². The van der Waals surface area contributed by atoms with E-state index in [9.17, 15) is 8.42 Å². The summed E-state index contributed by atoms with van der Waals surface area (Å²) in [5.74, 6) is 1.29. The lowest BCUT2D eigenvalue weighted by Crippen LogP contribution is -2.33. The predicted molar refractivity (Wildman–Crippen MR) is 47.0 cm³/mol. The molecule has 0 aromatic carbocycles. The van der Waals surface area contributed by atoms with E-state index in [2.05, 4.69) is 0 Å². The first-order valence-corrected chi connectivity index (χ1v) is 6.18. The average molecular weight is 189 g/mol. The summed E-state index contributed by atoms with van der Waals surface area (Å²) in [5, 5.41) is 4.90.